The molecular weight excluding hydrogens is 131 g/mol. The van der Waals surface area contributed by atoms with Gasteiger partial charge >= 0.3 is 5.97 Å². The Bertz CT molecular complexity index is 99.5. The lowest BCUT2D eigenvalue weighted by Gasteiger charge is -1.80. The number of aliphatic carboxylic acids is 1. The van der Waals surface area contributed by atoms with Crippen molar-refractivity contribution >= 4 is 17.8 Å². The van der Waals surface area contributed by atoms with Crippen LogP contribution >= 0.6 is 11.9 Å². The summed E-state index contributed by atoms with van der Waals surface area (Å²) in [6.07, 6.45) is 2.34. The van der Waals surface area contributed by atoms with Gasteiger partial charge in [-0.3, -0.25) is 4.79 Å². The Morgan fingerprint density at radius 3 is 2.88 bits per heavy atom. The first-order chi connectivity index (χ1) is 3.77. The molecule has 0 aliphatic carbocycles. The highest BCUT2D eigenvalue weighted by molar-refractivity contribution is 6.07. The standard InChI is InChI=1S/C4H5ClO3/c5-8-3-1-2-4(6)7/h1,3H,2H2,(H,6,7). The van der Waals surface area contributed by atoms with E-state index < -0.39 is 5.97 Å². The van der Waals surface area contributed by atoms with Crippen molar-refractivity contribution in [2.45, 2.75) is 6.42 Å². The second kappa shape index (κ2) is 4.46. The Morgan fingerprint density at radius 1 is 1.88 bits per heavy atom. The fourth-order valence-electron chi connectivity index (χ4n) is 0.185. The number of carbonyl (C=O) groups is 1. The van der Waals surface area contributed by atoms with Gasteiger partial charge in [0.15, 0.2) is 0 Å². The van der Waals surface area contributed by atoms with E-state index in [4.69, 9.17) is 17.0 Å². The first kappa shape index (κ1) is 7.30. The van der Waals surface area contributed by atoms with Crippen molar-refractivity contribution < 1.29 is 14.2 Å². The molecule has 0 radical (unpaired) electrons. The SMILES string of the molecule is O=C(O)CC=COCl. The lowest BCUT2D eigenvalue weighted by Crippen LogP contribution is -1.89. The van der Waals surface area contributed by atoms with E-state index in [1.165, 1.54) is 6.08 Å². The monoisotopic (exact) mass is 136 g/mol. The Balaban J connectivity index is 3.16. The van der Waals surface area contributed by atoms with Gasteiger partial charge in [-0.25, -0.2) is 0 Å². The molecule has 8 heavy (non-hydrogen) atoms. The van der Waals surface area contributed by atoms with Crippen molar-refractivity contribution in [2.24, 2.45) is 0 Å². The number of hydrogen-bond acceptors (Lipinski definition) is 2. The van der Waals surface area contributed by atoms with Crippen molar-refractivity contribution in [3.05, 3.63) is 12.3 Å². The Kier molecular flexibility index (Phi) is 4.07. The molecule has 0 aliphatic rings. The molecule has 0 aromatic rings. The van der Waals surface area contributed by atoms with Gasteiger partial charge < -0.3 is 9.40 Å². The molecule has 0 rings (SSSR count). The highest BCUT2D eigenvalue weighted by Crippen LogP contribution is 1.85. The topological polar surface area (TPSA) is 46.5 Å². The van der Waals surface area contributed by atoms with Crippen LogP contribution in [0.3, 0.4) is 0 Å². The summed E-state index contributed by atoms with van der Waals surface area (Å²) in [5, 5.41) is 7.99. The maximum absolute atomic E-state index is 9.72. The van der Waals surface area contributed by atoms with E-state index in [-0.39, 0.29) is 6.42 Å². The zero-order valence-corrected chi connectivity index (χ0v) is 4.76. The van der Waals surface area contributed by atoms with Gasteiger partial charge in [0.25, 0.3) is 0 Å². The predicted octanol–water partition coefficient (Wildman–Crippen LogP) is 1.15. The largest absolute Gasteiger partial charge is 0.481 e. The Hall–Kier alpha value is -0.700. The molecule has 0 bridgehead atoms. The van der Waals surface area contributed by atoms with Crippen molar-refractivity contribution in [1.29, 1.82) is 0 Å². The third-order valence-corrected chi connectivity index (χ3v) is 0.543. The lowest BCUT2D eigenvalue weighted by molar-refractivity contribution is -0.136. The third-order valence-electron chi connectivity index (χ3n) is 0.440. The molecule has 0 fully saturated rings. The van der Waals surface area contributed by atoms with E-state index in [0.717, 1.165) is 6.26 Å². The second-order valence-corrected chi connectivity index (χ2v) is 1.24. The van der Waals surface area contributed by atoms with Gasteiger partial charge in [0.05, 0.1) is 6.42 Å². The van der Waals surface area contributed by atoms with E-state index in [2.05, 4.69) is 4.29 Å². The lowest BCUT2D eigenvalue weighted by atomic mass is 10.4. The van der Waals surface area contributed by atoms with Crippen LogP contribution in [-0.4, -0.2) is 11.1 Å². The molecule has 46 valence electrons. The van der Waals surface area contributed by atoms with Crippen LogP contribution in [0.15, 0.2) is 12.3 Å². The number of halogens is 1. The molecule has 0 unspecified atom stereocenters. The van der Waals surface area contributed by atoms with E-state index in [9.17, 15) is 4.79 Å². The molecule has 0 aliphatic heterocycles. The highest BCUT2D eigenvalue weighted by Gasteiger charge is 1.87. The quantitative estimate of drug-likeness (QED) is 0.592. The van der Waals surface area contributed by atoms with Crippen LogP contribution in [0.1, 0.15) is 6.42 Å². The summed E-state index contributed by atoms with van der Waals surface area (Å²) in [7, 11) is 0. The van der Waals surface area contributed by atoms with E-state index in [1.54, 1.807) is 0 Å². The minimum Gasteiger partial charge on any atom is -0.481 e. The minimum atomic E-state index is -0.907. The summed E-state index contributed by atoms with van der Waals surface area (Å²) in [5.74, 6) is -0.907. The second-order valence-electron chi connectivity index (χ2n) is 1.06. The number of hydrogen-bond donors (Lipinski definition) is 1. The fraction of sp³-hybridized carbons (Fsp3) is 0.250. The van der Waals surface area contributed by atoms with Crippen LogP contribution in [-0.2, 0) is 9.08 Å². The predicted molar refractivity (Wildman–Crippen MR) is 28.3 cm³/mol. The number of carboxylic acid groups (broad SMARTS) is 1. The average molecular weight is 137 g/mol. The summed E-state index contributed by atoms with van der Waals surface area (Å²) in [6.45, 7) is 0. The van der Waals surface area contributed by atoms with E-state index >= 15 is 0 Å². The molecule has 1 N–H and O–H groups in total. The molecule has 0 spiro atoms. The van der Waals surface area contributed by atoms with Gasteiger partial charge in [0.2, 0.25) is 0 Å². The molecule has 0 atom stereocenters. The zero-order valence-electron chi connectivity index (χ0n) is 4.00. The molecule has 0 heterocycles. The molecule has 4 heteroatoms. The van der Waals surface area contributed by atoms with Gasteiger partial charge in [-0.1, -0.05) is 0 Å². The van der Waals surface area contributed by atoms with Crippen LogP contribution in [0.4, 0.5) is 0 Å². The van der Waals surface area contributed by atoms with Crippen molar-refractivity contribution in [3.63, 3.8) is 0 Å². The normalized spacial score (nSPS) is 9.62. The van der Waals surface area contributed by atoms with Gasteiger partial charge in [-0.15, -0.1) is 0 Å². The third kappa shape index (κ3) is 5.30. The minimum absolute atomic E-state index is 0.0628. The van der Waals surface area contributed by atoms with Crippen LogP contribution in [0.5, 0.6) is 0 Å². The van der Waals surface area contributed by atoms with Crippen LogP contribution in [0, 0.1) is 0 Å². The molecule has 0 saturated heterocycles. The van der Waals surface area contributed by atoms with Gasteiger partial charge in [0, 0.05) is 0 Å². The van der Waals surface area contributed by atoms with Crippen molar-refractivity contribution in [1.82, 2.24) is 0 Å². The zero-order chi connectivity index (χ0) is 6.41. The molecule has 0 aromatic heterocycles. The fourth-order valence-corrected chi connectivity index (χ4v) is 0.258. The summed E-state index contributed by atoms with van der Waals surface area (Å²) >= 11 is 4.71. The van der Waals surface area contributed by atoms with Crippen molar-refractivity contribution in [3.8, 4) is 0 Å². The van der Waals surface area contributed by atoms with Crippen molar-refractivity contribution in [2.75, 3.05) is 0 Å². The van der Waals surface area contributed by atoms with Crippen LogP contribution < -0.4 is 0 Å². The summed E-state index contributed by atoms with van der Waals surface area (Å²) in [4.78, 5) is 9.72. The maximum atomic E-state index is 9.72. The van der Waals surface area contributed by atoms with E-state index in [1.807, 2.05) is 0 Å². The molecule has 0 aromatic carbocycles. The van der Waals surface area contributed by atoms with Gasteiger partial charge in [-0.05, 0) is 6.08 Å². The first-order valence-corrected chi connectivity index (χ1v) is 2.22. The molecular formula is C4H5ClO3. The molecule has 0 saturated carbocycles. The van der Waals surface area contributed by atoms with Crippen LogP contribution in [0.25, 0.3) is 0 Å². The smallest absolute Gasteiger partial charge is 0.307 e. The van der Waals surface area contributed by atoms with E-state index in [0.29, 0.717) is 0 Å². The number of rotatable bonds is 3. The summed E-state index contributed by atoms with van der Waals surface area (Å²) in [6, 6.07) is 0. The maximum Gasteiger partial charge on any atom is 0.307 e. The summed E-state index contributed by atoms with van der Waals surface area (Å²) < 4.78 is 3.92. The average Bonchev–Trinajstić information content (AvgIpc) is 1.66. The highest BCUT2D eigenvalue weighted by atomic mass is 35.5. The molecule has 0 amide bonds. The van der Waals surface area contributed by atoms with Gasteiger partial charge in [0.1, 0.15) is 18.1 Å². The Morgan fingerprint density at radius 2 is 2.50 bits per heavy atom. The summed E-state index contributed by atoms with van der Waals surface area (Å²) in [5.41, 5.74) is 0. The first-order valence-electron chi connectivity index (χ1n) is 1.91. The molecule has 3 nitrogen and oxygen atoms in total. The Labute approximate surface area is 51.7 Å². The van der Waals surface area contributed by atoms with Gasteiger partial charge in [-0.2, -0.15) is 0 Å². The van der Waals surface area contributed by atoms with Crippen LogP contribution in [0.2, 0.25) is 0 Å². The number of carboxylic acids is 1.